The summed E-state index contributed by atoms with van der Waals surface area (Å²) >= 11 is 0. The largest absolute Gasteiger partial charge is 0.484 e. The zero-order chi connectivity index (χ0) is 23.7. The van der Waals surface area contributed by atoms with Gasteiger partial charge in [0.25, 0.3) is 5.88 Å². The Bertz CT molecular complexity index is 1320. The minimum absolute atomic E-state index is 0.0337. The molecule has 2 N–H and O–H groups in total. The number of aliphatic hydroxyl groups is 1. The lowest BCUT2D eigenvalue weighted by Gasteiger charge is -2.23. The van der Waals surface area contributed by atoms with Crippen LogP contribution >= 0.6 is 0 Å². The molecule has 4 aromatic heterocycles. The van der Waals surface area contributed by atoms with Crippen molar-refractivity contribution in [2.24, 2.45) is 0 Å². The smallest absolute Gasteiger partial charge is 0.257 e. The van der Waals surface area contributed by atoms with E-state index in [4.69, 9.17) is 9.47 Å². The molecule has 176 valence electrons. The molecule has 0 radical (unpaired) electrons. The number of hydrogen-bond donors (Lipinski definition) is 2. The standard InChI is InChI=1S/C24H27N7O3/c1-15(18-4-5-25-23-21(18)33-6-7-34-23)10-26-20-9-19(28-14-29-20)16-8-17-12-30-31(22(17)27-11-16)24(2,3)13-32/h4-5,8-9,11-12,14-15,32H,6-7,10,13H2,1-3H3,(H,26,28,29). The average molecular weight is 462 g/mol. The van der Waals surface area contributed by atoms with Crippen molar-refractivity contribution in [3.63, 3.8) is 0 Å². The van der Waals surface area contributed by atoms with E-state index >= 15 is 0 Å². The second kappa shape index (κ2) is 8.86. The Morgan fingerprint density at radius 3 is 2.82 bits per heavy atom. The van der Waals surface area contributed by atoms with Gasteiger partial charge in [-0.05, 0) is 26.0 Å². The molecule has 10 heteroatoms. The molecule has 1 atom stereocenters. The van der Waals surface area contributed by atoms with Gasteiger partial charge in [-0.25, -0.2) is 24.6 Å². The van der Waals surface area contributed by atoms with Gasteiger partial charge in [0.05, 0.1) is 24.0 Å². The Morgan fingerprint density at radius 2 is 1.97 bits per heavy atom. The predicted molar refractivity (Wildman–Crippen MR) is 127 cm³/mol. The van der Waals surface area contributed by atoms with Gasteiger partial charge >= 0.3 is 0 Å². The molecule has 0 aliphatic carbocycles. The van der Waals surface area contributed by atoms with Gasteiger partial charge in [0.2, 0.25) is 0 Å². The number of ether oxygens (including phenoxy) is 2. The molecule has 5 rings (SSSR count). The fourth-order valence-electron chi connectivity index (χ4n) is 3.91. The Balaban J connectivity index is 1.34. The number of aromatic nitrogens is 6. The van der Waals surface area contributed by atoms with Gasteiger partial charge in [0.1, 0.15) is 25.4 Å². The van der Waals surface area contributed by atoms with Crippen LogP contribution in [-0.2, 0) is 5.54 Å². The Labute approximate surface area is 197 Å². The summed E-state index contributed by atoms with van der Waals surface area (Å²) in [5.41, 5.74) is 2.84. The molecule has 0 saturated heterocycles. The van der Waals surface area contributed by atoms with E-state index in [9.17, 15) is 5.11 Å². The van der Waals surface area contributed by atoms with Gasteiger partial charge in [-0.15, -0.1) is 0 Å². The van der Waals surface area contributed by atoms with Crippen molar-refractivity contribution in [2.75, 3.05) is 31.7 Å². The van der Waals surface area contributed by atoms with Crippen molar-refractivity contribution in [3.8, 4) is 22.9 Å². The number of hydrogen-bond acceptors (Lipinski definition) is 9. The van der Waals surface area contributed by atoms with E-state index in [2.05, 4.69) is 37.3 Å². The fourth-order valence-corrected chi connectivity index (χ4v) is 3.91. The van der Waals surface area contributed by atoms with Crippen LogP contribution in [0, 0.1) is 0 Å². The number of anilines is 1. The molecule has 4 aromatic rings. The first-order chi connectivity index (χ1) is 16.5. The third-order valence-corrected chi connectivity index (χ3v) is 5.92. The maximum absolute atomic E-state index is 9.68. The summed E-state index contributed by atoms with van der Waals surface area (Å²) in [6.07, 6.45) is 6.81. The van der Waals surface area contributed by atoms with Gasteiger partial charge in [0, 0.05) is 47.4 Å². The van der Waals surface area contributed by atoms with Crippen LogP contribution in [0.4, 0.5) is 5.82 Å². The van der Waals surface area contributed by atoms with E-state index in [1.54, 1.807) is 23.3 Å². The molecular weight excluding hydrogens is 434 g/mol. The third kappa shape index (κ3) is 4.12. The molecular formula is C24H27N7O3. The van der Waals surface area contributed by atoms with Crippen molar-refractivity contribution in [1.29, 1.82) is 0 Å². The number of aliphatic hydroxyl groups excluding tert-OH is 1. The molecule has 34 heavy (non-hydrogen) atoms. The maximum Gasteiger partial charge on any atom is 0.257 e. The SMILES string of the molecule is CC(CNc1cc(-c2cnc3c(cnn3C(C)(C)CO)c2)ncn1)c1ccnc2c1OCCO2. The molecule has 1 aliphatic rings. The normalized spacial score (nSPS) is 14.2. The summed E-state index contributed by atoms with van der Waals surface area (Å²) in [5, 5.41) is 18.4. The van der Waals surface area contributed by atoms with Crippen molar-refractivity contribution in [1.82, 2.24) is 29.7 Å². The van der Waals surface area contributed by atoms with Crippen LogP contribution < -0.4 is 14.8 Å². The first-order valence-corrected chi connectivity index (χ1v) is 11.2. The Morgan fingerprint density at radius 1 is 1.12 bits per heavy atom. The highest BCUT2D eigenvalue weighted by atomic mass is 16.6. The van der Waals surface area contributed by atoms with Gasteiger partial charge in [-0.2, -0.15) is 5.10 Å². The molecule has 0 spiro atoms. The molecule has 0 bridgehead atoms. The van der Waals surface area contributed by atoms with E-state index in [1.807, 2.05) is 32.0 Å². The van der Waals surface area contributed by atoms with Crippen LogP contribution in [-0.4, -0.2) is 61.2 Å². The number of rotatable bonds is 7. The van der Waals surface area contributed by atoms with Crippen molar-refractivity contribution in [3.05, 3.63) is 48.7 Å². The van der Waals surface area contributed by atoms with Crippen LogP contribution in [0.2, 0.25) is 0 Å². The Hall–Kier alpha value is -3.79. The summed E-state index contributed by atoms with van der Waals surface area (Å²) in [4.78, 5) is 17.6. The number of pyridine rings is 2. The lowest BCUT2D eigenvalue weighted by Crippen LogP contribution is -2.31. The van der Waals surface area contributed by atoms with E-state index < -0.39 is 5.54 Å². The number of fused-ring (bicyclic) bond motifs is 2. The van der Waals surface area contributed by atoms with Crippen molar-refractivity contribution >= 4 is 16.9 Å². The van der Waals surface area contributed by atoms with Crippen LogP contribution in [0.5, 0.6) is 11.6 Å². The molecule has 5 heterocycles. The second-order valence-electron chi connectivity index (χ2n) is 8.97. The van der Waals surface area contributed by atoms with Gasteiger partial charge in [-0.3, -0.25) is 0 Å². The quantitative estimate of drug-likeness (QED) is 0.428. The summed E-state index contributed by atoms with van der Waals surface area (Å²) < 4.78 is 13.1. The number of nitrogens with zero attached hydrogens (tertiary/aromatic N) is 6. The second-order valence-corrected chi connectivity index (χ2v) is 8.97. The Kier molecular flexibility index (Phi) is 5.74. The monoisotopic (exact) mass is 461 g/mol. The zero-order valence-electron chi connectivity index (χ0n) is 19.4. The highest BCUT2D eigenvalue weighted by Gasteiger charge is 2.23. The van der Waals surface area contributed by atoms with Crippen LogP contribution in [0.1, 0.15) is 32.3 Å². The average Bonchev–Trinajstić information content (AvgIpc) is 3.31. The van der Waals surface area contributed by atoms with E-state index in [0.717, 1.165) is 33.6 Å². The first-order valence-electron chi connectivity index (χ1n) is 11.2. The predicted octanol–water partition coefficient (Wildman–Crippen LogP) is 3.00. The molecule has 10 nitrogen and oxygen atoms in total. The molecule has 0 saturated carbocycles. The lowest BCUT2D eigenvalue weighted by molar-refractivity contribution is 0.156. The summed E-state index contributed by atoms with van der Waals surface area (Å²) in [6.45, 7) is 7.60. The molecule has 1 unspecified atom stereocenters. The maximum atomic E-state index is 9.68. The number of nitrogens with one attached hydrogen (secondary N) is 1. The van der Waals surface area contributed by atoms with Crippen molar-refractivity contribution in [2.45, 2.75) is 32.2 Å². The first kappa shape index (κ1) is 22.0. The van der Waals surface area contributed by atoms with Crippen LogP contribution in [0.3, 0.4) is 0 Å². The van der Waals surface area contributed by atoms with Crippen LogP contribution in [0.15, 0.2) is 43.1 Å². The van der Waals surface area contributed by atoms with Gasteiger partial charge in [0.15, 0.2) is 11.4 Å². The highest BCUT2D eigenvalue weighted by molar-refractivity contribution is 5.80. The van der Waals surface area contributed by atoms with Crippen LogP contribution in [0.25, 0.3) is 22.3 Å². The summed E-state index contributed by atoms with van der Waals surface area (Å²) in [6, 6.07) is 5.86. The minimum atomic E-state index is -0.538. The topological polar surface area (TPSA) is 120 Å². The molecule has 1 aliphatic heterocycles. The summed E-state index contributed by atoms with van der Waals surface area (Å²) in [5.74, 6) is 2.13. The third-order valence-electron chi connectivity index (χ3n) is 5.92. The molecule has 0 fully saturated rings. The van der Waals surface area contributed by atoms with Gasteiger partial charge < -0.3 is 19.9 Å². The van der Waals surface area contributed by atoms with E-state index in [1.165, 1.54) is 6.33 Å². The van der Waals surface area contributed by atoms with Crippen molar-refractivity contribution < 1.29 is 14.6 Å². The highest BCUT2D eigenvalue weighted by Crippen LogP contribution is 2.35. The lowest BCUT2D eigenvalue weighted by atomic mass is 10.0. The summed E-state index contributed by atoms with van der Waals surface area (Å²) in [7, 11) is 0. The fraction of sp³-hybridized carbons (Fsp3) is 0.375. The van der Waals surface area contributed by atoms with E-state index in [-0.39, 0.29) is 12.5 Å². The minimum Gasteiger partial charge on any atom is -0.484 e. The van der Waals surface area contributed by atoms with Gasteiger partial charge in [-0.1, -0.05) is 6.92 Å². The molecule has 0 aromatic carbocycles. The van der Waals surface area contributed by atoms with E-state index in [0.29, 0.717) is 31.5 Å². The molecule has 0 amide bonds. The zero-order valence-corrected chi connectivity index (χ0v) is 19.4.